The second-order valence-corrected chi connectivity index (χ2v) is 6.57. The number of halogens is 1. The van der Waals surface area contributed by atoms with Crippen LogP contribution >= 0.6 is 15.9 Å². The van der Waals surface area contributed by atoms with E-state index in [2.05, 4.69) is 31.1 Å². The molecule has 1 heterocycles. The van der Waals surface area contributed by atoms with Crippen LogP contribution in [0.4, 0.5) is 5.69 Å². The normalized spacial score (nSPS) is 11.5. The minimum absolute atomic E-state index is 0.193. The van der Waals surface area contributed by atoms with Crippen molar-refractivity contribution in [3.63, 3.8) is 0 Å². The van der Waals surface area contributed by atoms with Gasteiger partial charge in [0, 0.05) is 19.6 Å². The van der Waals surface area contributed by atoms with Gasteiger partial charge in [-0.25, -0.2) is 17.8 Å². The maximum absolute atomic E-state index is 11.8. The molecule has 0 spiro atoms. The Morgan fingerprint density at radius 3 is 2.68 bits per heavy atom. The average molecular weight is 353 g/mol. The molecule has 0 amide bonds. The largest absolute Gasteiger partial charge is 0.383 e. The van der Waals surface area contributed by atoms with Gasteiger partial charge in [0.25, 0.3) is 5.56 Å². The molecule has 1 rings (SSSR count). The molecule has 0 bridgehead atoms. The van der Waals surface area contributed by atoms with Gasteiger partial charge in [-0.3, -0.25) is 4.79 Å². The summed E-state index contributed by atoms with van der Waals surface area (Å²) in [5.74, 6) is 0. The van der Waals surface area contributed by atoms with E-state index in [4.69, 9.17) is 0 Å². The minimum Gasteiger partial charge on any atom is -0.383 e. The van der Waals surface area contributed by atoms with Gasteiger partial charge in [0.15, 0.2) is 0 Å². The molecule has 0 fully saturated rings. The zero-order valence-electron chi connectivity index (χ0n) is 10.8. The van der Waals surface area contributed by atoms with Gasteiger partial charge >= 0.3 is 0 Å². The Morgan fingerprint density at radius 2 is 2.11 bits per heavy atom. The molecule has 7 nitrogen and oxygen atoms in total. The molecule has 0 aliphatic heterocycles. The Balaban J connectivity index is 2.51. The highest BCUT2D eigenvalue weighted by atomic mass is 79.9. The van der Waals surface area contributed by atoms with E-state index >= 15 is 0 Å². The van der Waals surface area contributed by atoms with Gasteiger partial charge in [-0.1, -0.05) is 0 Å². The number of nitrogens with zero attached hydrogens (tertiary/aromatic N) is 2. The van der Waals surface area contributed by atoms with E-state index in [0.29, 0.717) is 36.2 Å². The molecule has 19 heavy (non-hydrogen) atoms. The average Bonchev–Trinajstić information content (AvgIpc) is 2.33. The number of rotatable bonds is 7. The van der Waals surface area contributed by atoms with E-state index in [9.17, 15) is 13.2 Å². The number of aromatic nitrogens is 2. The molecule has 1 aromatic rings. The number of sulfonamides is 1. The smallest absolute Gasteiger partial charge is 0.283 e. The van der Waals surface area contributed by atoms with Crippen LogP contribution in [-0.2, 0) is 16.6 Å². The first-order valence-electron chi connectivity index (χ1n) is 5.79. The summed E-state index contributed by atoms with van der Waals surface area (Å²) in [4.78, 5) is 11.8. The highest BCUT2D eigenvalue weighted by Gasteiger charge is 2.07. The van der Waals surface area contributed by atoms with Crippen molar-refractivity contribution in [3.8, 4) is 0 Å². The van der Waals surface area contributed by atoms with Gasteiger partial charge in [-0.15, -0.1) is 0 Å². The van der Waals surface area contributed by atoms with Crippen LogP contribution < -0.4 is 15.6 Å². The number of hydrogen-bond acceptors (Lipinski definition) is 5. The van der Waals surface area contributed by atoms with Crippen molar-refractivity contribution < 1.29 is 8.42 Å². The van der Waals surface area contributed by atoms with Crippen molar-refractivity contribution in [2.75, 3.05) is 24.7 Å². The second-order valence-electron chi connectivity index (χ2n) is 3.94. The molecule has 108 valence electrons. The summed E-state index contributed by atoms with van der Waals surface area (Å²) in [6, 6.07) is 0. The molecule has 0 aliphatic rings. The Bertz CT molecular complexity index is 585. The summed E-state index contributed by atoms with van der Waals surface area (Å²) >= 11 is 3.23. The third-order valence-electron chi connectivity index (χ3n) is 2.32. The quantitative estimate of drug-likeness (QED) is 0.692. The maximum atomic E-state index is 11.8. The van der Waals surface area contributed by atoms with Crippen LogP contribution in [0.25, 0.3) is 0 Å². The van der Waals surface area contributed by atoms with Crippen LogP contribution in [-0.4, -0.2) is 37.5 Å². The topological polar surface area (TPSA) is 93.1 Å². The van der Waals surface area contributed by atoms with Crippen LogP contribution in [0.5, 0.6) is 0 Å². The standard InChI is InChI=1S/C10H17BrN4O3S/c1-3-15-10(16)9(11)8(7-13-15)12-5-4-6-14-19(2,17)18/h7,12,14H,3-6H2,1-2H3. The van der Waals surface area contributed by atoms with Crippen LogP contribution in [0.2, 0.25) is 0 Å². The third-order valence-corrected chi connectivity index (χ3v) is 3.81. The first-order valence-corrected chi connectivity index (χ1v) is 8.47. The van der Waals surface area contributed by atoms with Gasteiger partial charge in [0.2, 0.25) is 10.0 Å². The van der Waals surface area contributed by atoms with E-state index in [1.165, 1.54) is 4.68 Å². The number of hydrogen-bond donors (Lipinski definition) is 2. The molecule has 0 saturated carbocycles. The Morgan fingerprint density at radius 1 is 1.42 bits per heavy atom. The molecule has 0 saturated heterocycles. The molecule has 0 aliphatic carbocycles. The van der Waals surface area contributed by atoms with E-state index in [1.54, 1.807) is 6.20 Å². The summed E-state index contributed by atoms with van der Waals surface area (Å²) in [5, 5.41) is 7.03. The van der Waals surface area contributed by atoms with Gasteiger partial charge < -0.3 is 5.32 Å². The predicted octanol–water partition coefficient (Wildman–Crippen LogP) is 0.377. The Hall–Kier alpha value is -0.930. The van der Waals surface area contributed by atoms with Gasteiger partial charge in [-0.2, -0.15) is 5.10 Å². The summed E-state index contributed by atoms with van der Waals surface area (Å²) in [7, 11) is -3.15. The SMILES string of the molecule is CCn1ncc(NCCCNS(C)(=O)=O)c(Br)c1=O. The Labute approximate surface area is 120 Å². The number of anilines is 1. The molecule has 2 N–H and O–H groups in total. The van der Waals surface area contributed by atoms with Crippen molar-refractivity contribution in [2.24, 2.45) is 0 Å². The maximum Gasteiger partial charge on any atom is 0.283 e. The van der Waals surface area contributed by atoms with Crippen molar-refractivity contribution in [2.45, 2.75) is 19.9 Å². The first kappa shape index (κ1) is 16.1. The van der Waals surface area contributed by atoms with E-state index < -0.39 is 10.0 Å². The van der Waals surface area contributed by atoms with Crippen LogP contribution in [0.15, 0.2) is 15.5 Å². The second kappa shape index (κ2) is 7.01. The summed E-state index contributed by atoms with van der Waals surface area (Å²) in [5.41, 5.74) is 0.413. The fourth-order valence-electron chi connectivity index (χ4n) is 1.38. The van der Waals surface area contributed by atoms with Gasteiger partial charge in [0.1, 0.15) is 4.47 Å². The lowest BCUT2D eigenvalue weighted by Crippen LogP contribution is -2.26. The molecule has 0 radical (unpaired) electrons. The van der Waals surface area contributed by atoms with Crippen LogP contribution in [0.1, 0.15) is 13.3 Å². The minimum atomic E-state index is -3.15. The highest BCUT2D eigenvalue weighted by Crippen LogP contribution is 2.15. The van der Waals surface area contributed by atoms with Crippen molar-refractivity contribution in [1.82, 2.24) is 14.5 Å². The Kier molecular flexibility index (Phi) is 5.95. The van der Waals surface area contributed by atoms with Gasteiger partial charge in [0.05, 0.1) is 18.1 Å². The fourth-order valence-corrected chi connectivity index (χ4v) is 2.34. The lowest BCUT2D eigenvalue weighted by atomic mass is 10.4. The van der Waals surface area contributed by atoms with E-state index in [1.807, 2.05) is 6.92 Å². The fraction of sp³-hybridized carbons (Fsp3) is 0.600. The molecule has 0 aromatic carbocycles. The summed E-state index contributed by atoms with van der Waals surface area (Å²) < 4.78 is 25.9. The highest BCUT2D eigenvalue weighted by molar-refractivity contribution is 9.10. The first-order chi connectivity index (χ1) is 8.85. The van der Waals surface area contributed by atoms with Crippen LogP contribution in [0.3, 0.4) is 0 Å². The number of nitrogens with one attached hydrogen (secondary N) is 2. The molecule has 0 unspecified atom stereocenters. The monoisotopic (exact) mass is 352 g/mol. The van der Waals surface area contributed by atoms with Crippen molar-refractivity contribution >= 4 is 31.6 Å². The number of aryl methyl sites for hydroxylation is 1. The zero-order valence-corrected chi connectivity index (χ0v) is 13.2. The molecular formula is C10H17BrN4O3S. The van der Waals surface area contributed by atoms with Crippen LogP contribution in [0, 0.1) is 0 Å². The van der Waals surface area contributed by atoms with Crippen molar-refractivity contribution in [3.05, 3.63) is 21.0 Å². The van der Waals surface area contributed by atoms with E-state index in [-0.39, 0.29) is 5.56 Å². The van der Waals surface area contributed by atoms with E-state index in [0.717, 1.165) is 6.26 Å². The third kappa shape index (κ3) is 5.29. The predicted molar refractivity (Wildman–Crippen MR) is 77.8 cm³/mol. The van der Waals surface area contributed by atoms with Gasteiger partial charge in [-0.05, 0) is 29.3 Å². The molecule has 1 aromatic heterocycles. The summed E-state index contributed by atoms with van der Waals surface area (Å²) in [6.07, 6.45) is 3.29. The summed E-state index contributed by atoms with van der Waals surface area (Å²) in [6.45, 7) is 3.24. The lowest BCUT2D eigenvalue weighted by molar-refractivity contribution is 0.586. The lowest BCUT2D eigenvalue weighted by Gasteiger charge is -2.09. The molecular weight excluding hydrogens is 336 g/mol. The van der Waals surface area contributed by atoms with Crippen molar-refractivity contribution in [1.29, 1.82) is 0 Å². The molecule has 0 atom stereocenters. The zero-order chi connectivity index (χ0) is 14.5. The molecule has 9 heteroatoms.